The first-order valence-electron chi connectivity index (χ1n) is 28.2. The largest absolute Gasteiger partial charge is 0.394 e. The number of aliphatic hydroxyl groups excluding tert-OH is 4. The monoisotopic (exact) mass is 890 g/mol. The smallest absolute Gasteiger partial charge is 0.249 e. The molecule has 0 aliphatic carbocycles. The summed E-state index contributed by atoms with van der Waals surface area (Å²) >= 11 is 0. The van der Waals surface area contributed by atoms with Crippen LogP contribution in [0, 0.1) is 0 Å². The summed E-state index contributed by atoms with van der Waals surface area (Å²) in [5.41, 5.74) is 0. The van der Waals surface area contributed by atoms with Gasteiger partial charge in [-0.2, -0.15) is 0 Å². The molecular formula is C57H111NO5. The zero-order valence-electron chi connectivity index (χ0n) is 42.3. The van der Waals surface area contributed by atoms with Crippen LogP contribution in [0.3, 0.4) is 0 Å². The van der Waals surface area contributed by atoms with Crippen LogP contribution in [-0.2, 0) is 4.79 Å². The second kappa shape index (κ2) is 51.8. The van der Waals surface area contributed by atoms with Gasteiger partial charge in [-0.25, -0.2) is 0 Å². The van der Waals surface area contributed by atoms with Crippen molar-refractivity contribution in [3.8, 4) is 0 Å². The topological polar surface area (TPSA) is 110 Å². The van der Waals surface area contributed by atoms with Gasteiger partial charge in [0.05, 0.1) is 18.8 Å². The maximum Gasteiger partial charge on any atom is 0.249 e. The van der Waals surface area contributed by atoms with Crippen LogP contribution in [0.2, 0.25) is 0 Å². The van der Waals surface area contributed by atoms with Crippen LogP contribution in [0.1, 0.15) is 303 Å². The van der Waals surface area contributed by atoms with Crippen LogP contribution >= 0.6 is 0 Å². The second-order valence-corrected chi connectivity index (χ2v) is 19.6. The minimum atomic E-state index is -1.29. The van der Waals surface area contributed by atoms with Gasteiger partial charge in [0.1, 0.15) is 12.2 Å². The Morgan fingerprint density at radius 3 is 1.02 bits per heavy atom. The Bertz CT molecular complexity index is 955. The fraction of sp³-hybridized carbons (Fsp3) is 0.912. The lowest BCUT2D eigenvalue weighted by Gasteiger charge is -2.27. The molecule has 0 heterocycles. The third kappa shape index (κ3) is 45.7. The first-order valence-corrected chi connectivity index (χ1v) is 28.2. The van der Waals surface area contributed by atoms with E-state index in [0.29, 0.717) is 19.3 Å². The van der Waals surface area contributed by atoms with Crippen molar-refractivity contribution in [2.24, 2.45) is 0 Å². The predicted molar refractivity (Wildman–Crippen MR) is 274 cm³/mol. The Morgan fingerprint density at radius 1 is 0.397 bits per heavy atom. The first-order chi connectivity index (χ1) is 31.0. The highest BCUT2D eigenvalue weighted by atomic mass is 16.3. The van der Waals surface area contributed by atoms with E-state index >= 15 is 0 Å². The van der Waals surface area contributed by atoms with E-state index in [-0.39, 0.29) is 0 Å². The van der Waals surface area contributed by atoms with Crippen molar-refractivity contribution in [1.29, 1.82) is 0 Å². The summed E-state index contributed by atoms with van der Waals surface area (Å²) in [6.45, 7) is 3.92. The fourth-order valence-corrected chi connectivity index (χ4v) is 9.02. The molecule has 0 aromatic heterocycles. The molecule has 0 rings (SSSR count). The van der Waals surface area contributed by atoms with Gasteiger partial charge in [0.2, 0.25) is 5.91 Å². The van der Waals surface area contributed by atoms with Gasteiger partial charge in [0.25, 0.3) is 0 Å². The van der Waals surface area contributed by atoms with Gasteiger partial charge in [0.15, 0.2) is 0 Å². The summed E-state index contributed by atoms with van der Waals surface area (Å²) in [5, 5.41) is 43.5. The second-order valence-electron chi connectivity index (χ2n) is 19.6. The van der Waals surface area contributed by atoms with E-state index in [2.05, 4.69) is 43.5 Å². The van der Waals surface area contributed by atoms with Crippen molar-refractivity contribution in [2.45, 2.75) is 327 Å². The van der Waals surface area contributed by atoms with Crippen molar-refractivity contribution >= 4 is 5.91 Å². The molecule has 4 unspecified atom stereocenters. The van der Waals surface area contributed by atoms with Gasteiger partial charge in [-0.15, -0.1) is 0 Å². The maximum atomic E-state index is 12.5. The van der Waals surface area contributed by atoms with Gasteiger partial charge in [-0.3, -0.25) is 4.79 Å². The standard InChI is InChI=1S/C57H111NO5/c1-3-5-7-9-11-13-14-15-16-17-18-19-20-21-22-23-24-25-26-27-28-29-30-31-32-33-34-35-36-37-38-39-40-41-43-45-47-49-51-55(61)57(63)58-53(52-59)56(62)54(60)50-48-46-44-42-12-10-8-6-4-2/h6,8,42,44,53-56,59-62H,3-5,7,9-41,43,45-52H2,1-2H3,(H,58,63)/b8-6+,44-42+. The van der Waals surface area contributed by atoms with Crippen LogP contribution in [0.25, 0.3) is 0 Å². The normalized spacial score (nSPS) is 13.9. The number of nitrogens with one attached hydrogen (secondary N) is 1. The van der Waals surface area contributed by atoms with E-state index in [4.69, 9.17) is 0 Å². The molecule has 374 valence electrons. The Balaban J connectivity index is 3.43. The molecule has 5 N–H and O–H groups in total. The quantitative estimate of drug-likeness (QED) is 0.0309. The summed E-state index contributed by atoms with van der Waals surface area (Å²) < 4.78 is 0. The van der Waals surface area contributed by atoms with Crippen molar-refractivity contribution in [3.05, 3.63) is 24.3 Å². The molecular weight excluding hydrogens is 779 g/mol. The molecule has 1 amide bonds. The molecule has 0 fully saturated rings. The number of unbranched alkanes of at least 4 members (excludes halogenated alkanes) is 39. The van der Waals surface area contributed by atoms with Crippen LogP contribution in [0.5, 0.6) is 0 Å². The highest BCUT2D eigenvalue weighted by molar-refractivity contribution is 5.80. The van der Waals surface area contributed by atoms with Crippen molar-refractivity contribution in [1.82, 2.24) is 5.32 Å². The number of allylic oxidation sites excluding steroid dienone is 4. The van der Waals surface area contributed by atoms with Gasteiger partial charge >= 0.3 is 0 Å². The molecule has 6 heteroatoms. The lowest BCUT2D eigenvalue weighted by molar-refractivity contribution is -0.132. The van der Waals surface area contributed by atoms with Crippen molar-refractivity contribution in [3.63, 3.8) is 0 Å². The number of hydrogen-bond acceptors (Lipinski definition) is 5. The molecule has 0 saturated carbocycles. The van der Waals surface area contributed by atoms with Gasteiger partial charge in [-0.05, 0) is 44.9 Å². The molecule has 0 bridgehead atoms. The summed E-state index contributed by atoms with van der Waals surface area (Å²) in [7, 11) is 0. The lowest BCUT2D eigenvalue weighted by atomic mass is 10.00. The van der Waals surface area contributed by atoms with E-state index in [9.17, 15) is 25.2 Å². The molecule has 0 saturated heterocycles. The third-order valence-electron chi connectivity index (χ3n) is 13.4. The molecule has 6 nitrogen and oxygen atoms in total. The van der Waals surface area contributed by atoms with E-state index in [0.717, 1.165) is 44.9 Å². The Labute approximate surface area is 393 Å². The van der Waals surface area contributed by atoms with Crippen LogP contribution in [0.15, 0.2) is 24.3 Å². The van der Waals surface area contributed by atoms with Gasteiger partial charge < -0.3 is 25.7 Å². The number of amides is 1. The maximum absolute atomic E-state index is 12.5. The van der Waals surface area contributed by atoms with Crippen LogP contribution < -0.4 is 5.32 Å². The highest BCUT2D eigenvalue weighted by Crippen LogP contribution is 2.18. The zero-order valence-corrected chi connectivity index (χ0v) is 42.3. The predicted octanol–water partition coefficient (Wildman–Crippen LogP) is 16.3. The van der Waals surface area contributed by atoms with Crippen LogP contribution in [-0.4, -0.2) is 57.3 Å². The first kappa shape index (κ1) is 61.8. The Kier molecular flexibility index (Phi) is 50.8. The number of carbonyl (C=O) groups is 1. The summed E-state index contributed by atoms with van der Waals surface area (Å²) in [4.78, 5) is 12.5. The van der Waals surface area contributed by atoms with Crippen LogP contribution in [0.4, 0.5) is 0 Å². The molecule has 0 spiro atoms. The average molecular weight is 891 g/mol. The minimum Gasteiger partial charge on any atom is -0.394 e. The minimum absolute atomic E-state index is 0.364. The van der Waals surface area contributed by atoms with E-state index in [1.54, 1.807) is 0 Å². The molecule has 0 radical (unpaired) electrons. The number of rotatable bonds is 52. The fourth-order valence-electron chi connectivity index (χ4n) is 9.02. The number of carbonyl (C=O) groups excluding carboxylic acids is 1. The Morgan fingerprint density at radius 2 is 0.698 bits per heavy atom. The lowest BCUT2D eigenvalue weighted by Crippen LogP contribution is -2.53. The average Bonchev–Trinajstić information content (AvgIpc) is 3.29. The van der Waals surface area contributed by atoms with Crippen molar-refractivity contribution in [2.75, 3.05) is 6.61 Å². The van der Waals surface area contributed by atoms with E-state index in [1.165, 1.54) is 225 Å². The highest BCUT2D eigenvalue weighted by Gasteiger charge is 2.28. The summed E-state index contributed by atoms with van der Waals surface area (Å²) in [6.07, 6.45) is 63.1. The van der Waals surface area contributed by atoms with E-state index < -0.39 is 36.9 Å². The van der Waals surface area contributed by atoms with Crippen molar-refractivity contribution < 1.29 is 25.2 Å². The molecule has 0 aromatic rings. The molecule has 63 heavy (non-hydrogen) atoms. The third-order valence-corrected chi connectivity index (χ3v) is 13.4. The molecule has 0 aromatic carbocycles. The van der Waals surface area contributed by atoms with Gasteiger partial charge in [-0.1, -0.05) is 282 Å². The van der Waals surface area contributed by atoms with E-state index in [1.807, 2.05) is 0 Å². The number of hydrogen-bond donors (Lipinski definition) is 5. The summed E-state index contributed by atoms with van der Waals surface area (Å²) in [5.74, 6) is -0.595. The summed E-state index contributed by atoms with van der Waals surface area (Å²) in [6, 6.07) is -1.00. The molecule has 0 aliphatic rings. The SMILES string of the molecule is CC/C=C/CC/C=C/CCCC(O)C(O)C(CO)NC(=O)C(O)CCCCCCCCCCCCCCCCCCCCCCCCCCCCCCCCCCCCCCCC. The number of aliphatic hydroxyl groups is 4. The zero-order chi connectivity index (χ0) is 45.9. The van der Waals surface area contributed by atoms with Gasteiger partial charge in [0, 0.05) is 0 Å². The Hall–Kier alpha value is -1.21. The molecule has 4 atom stereocenters. The molecule has 0 aliphatic heterocycles.